The average Bonchev–Trinajstić information content (AvgIpc) is 2.54. The number of rotatable bonds is 3. The zero-order valence-electron chi connectivity index (χ0n) is 11.9. The van der Waals surface area contributed by atoms with Gasteiger partial charge in [-0.25, -0.2) is 4.79 Å². The first-order valence-electron chi connectivity index (χ1n) is 6.78. The fraction of sp³-hybridized carbons (Fsp3) is 0.176. The molecule has 3 rings (SSSR count). The largest absolute Gasteiger partial charge is 0.497 e. The number of fused-ring (bicyclic) bond motifs is 1. The molecule has 5 heteroatoms. The fourth-order valence-electron chi connectivity index (χ4n) is 2.71. The third-order valence-electron chi connectivity index (χ3n) is 3.74. The Balaban J connectivity index is 2.11. The summed E-state index contributed by atoms with van der Waals surface area (Å²) in [5.74, 6) is -1.91. The predicted octanol–water partition coefficient (Wildman–Crippen LogP) is 2.78. The summed E-state index contributed by atoms with van der Waals surface area (Å²) in [5.41, 5.74) is 1.36. The van der Waals surface area contributed by atoms with Crippen LogP contribution in [0, 0.1) is 0 Å². The van der Waals surface area contributed by atoms with Crippen LogP contribution in [-0.2, 0) is 9.53 Å². The lowest BCUT2D eigenvalue weighted by Gasteiger charge is -2.30. The topological polar surface area (TPSA) is 72.8 Å². The van der Waals surface area contributed by atoms with Gasteiger partial charge in [-0.2, -0.15) is 0 Å². The molecule has 0 radical (unpaired) electrons. The van der Waals surface area contributed by atoms with Gasteiger partial charge in [0.2, 0.25) is 0 Å². The molecular weight excluding hydrogens is 284 g/mol. The molecule has 0 saturated heterocycles. The summed E-state index contributed by atoms with van der Waals surface area (Å²) in [7, 11) is 1.52. The predicted molar refractivity (Wildman–Crippen MR) is 78.0 cm³/mol. The van der Waals surface area contributed by atoms with Crippen molar-refractivity contribution in [1.29, 1.82) is 0 Å². The van der Waals surface area contributed by atoms with Gasteiger partial charge in [-0.1, -0.05) is 30.3 Å². The third-order valence-corrected chi connectivity index (χ3v) is 3.74. The second kappa shape index (κ2) is 5.52. The molecule has 22 heavy (non-hydrogen) atoms. The van der Waals surface area contributed by atoms with Gasteiger partial charge in [0.05, 0.1) is 12.7 Å². The Bertz CT molecular complexity index is 737. The summed E-state index contributed by atoms with van der Waals surface area (Å²) in [5, 5.41) is 9.61. The van der Waals surface area contributed by atoms with E-state index in [-0.39, 0.29) is 0 Å². The van der Waals surface area contributed by atoms with Gasteiger partial charge in [-0.15, -0.1) is 0 Å². The summed E-state index contributed by atoms with van der Waals surface area (Å²) < 4.78 is 10.5. The fourth-order valence-corrected chi connectivity index (χ4v) is 2.71. The van der Waals surface area contributed by atoms with E-state index in [4.69, 9.17) is 9.47 Å². The molecule has 0 unspecified atom stereocenters. The SMILES string of the molecule is COc1cccc([C@@H]2OC(=O)c3ccccc3[C@H]2C(=O)O)c1. The lowest BCUT2D eigenvalue weighted by Crippen LogP contribution is -2.31. The Labute approximate surface area is 127 Å². The lowest BCUT2D eigenvalue weighted by atomic mass is 9.84. The highest BCUT2D eigenvalue weighted by molar-refractivity contribution is 5.96. The van der Waals surface area contributed by atoms with Crippen LogP contribution in [0.15, 0.2) is 48.5 Å². The van der Waals surface area contributed by atoms with Gasteiger partial charge < -0.3 is 14.6 Å². The highest BCUT2D eigenvalue weighted by Crippen LogP contribution is 2.41. The summed E-state index contributed by atoms with van der Waals surface area (Å²) >= 11 is 0. The Morgan fingerprint density at radius 1 is 1.18 bits per heavy atom. The quantitative estimate of drug-likeness (QED) is 0.882. The first-order valence-corrected chi connectivity index (χ1v) is 6.78. The Morgan fingerprint density at radius 2 is 1.95 bits per heavy atom. The van der Waals surface area contributed by atoms with Gasteiger partial charge in [0.25, 0.3) is 0 Å². The molecule has 2 atom stereocenters. The number of carboxylic acids is 1. The number of carbonyl (C=O) groups excluding carboxylic acids is 1. The molecule has 2 aromatic carbocycles. The minimum atomic E-state index is -1.03. The molecule has 0 spiro atoms. The van der Waals surface area contributed by atoms with E-state index in [1.165, 1.54) is 7.11 Å². The number of hydrogen-bond donors (Lipinski definition) is 1. The Hall–Kier alpha value is -2.82. The van der Waals surface area contributed by atoms with E-state index in [1.807, 2.05) is 0 Å². The number of cyclic esters (lactones) is 1. The van der Waals surface area contributed by atoms with Crippen LogP contribution >= 0.6 is 0 Å². The molecule has 1 aliphatic heterocycles. The third kappa shape index (κ3) is 2.30. The number of aliphatic carboxylic acids is 1. The molecule has 0 fully saturated rings. The normalized spacial score (nSPS) is 20.0. The van der Waals surface area contributed by atoms with Crippen LogP contribution in [-0.4, -0.2) is 24.2 Å². The zero-order chi connectivity index (χ0) is 15.7. The van der Waals surface area contributed by atoms with Crippen LogP contribution in [0.5, 0.6) is 5.75 Å². The molecule has 1 heterocycles. The lowest BCUT2D eigenvalue weighted by molar-refractivity contribution is -0.142. The van der Waals surface area contributed by atoms with Crippen molar-refractivity contribution in [3.8, 4) is 5.75 Å². The average molecular weight is 298 g/mol. The van der Waals surface area contributed by atoms with Crippen LogP contribution in [0.2, 0.25) is 0 Å². The van der Waals surface area contributed by atoms with Crippen LogP contribution in [0.1, 0.15) is 33.5 Å². The van der Waals surface area contributed by atoms with E-state index in [9.17, 15) is 14.7 Å². The van der Waals surface area contributed by atoms with E-state index < -0.39 is 24.0 Å². The zero-order valence-corrected chi connectivity index (χ0v) is 11.9. The molecule has 5 nitrogen and oxygen atoms in total. The van der Waals surface area contributed by atoms with E-state index in [1.54, 1.807) is 48.5 Å². The maximum absolute atomic E-state index is 12.1. The van der Waals surface area contributed by atoms with Crippen molar-refractivity contribution in [3.05, 3.63) is 65.2 Å². The molecule has 0 amide bonds. The second-order valence-corrected chi connectivity index (χ2v) is 5.01. The number of benzene rings is 2. The smallest absolute Gasteiger partial charge is 0.339 e. The number of hydrogen-bond acceptors (Lipinski definition) is 4. The van der Waals surface area contributed by atoms with E-state index >= 15 is 0 Å². The summed E-state index contributed by atoms with van der Waals surface area (Å²) in [6.45, 7) is 0. The van der Waals surface area contributed by atoms with Crippen molar-refractivity contribution in [2.45, 2.75) is 12.0 Å². The van der Waals surface area contributed by atoms with Crippen molar-refractivity contribution in [2.75, 3.05) is 7.11 Å². The summed E-state index contributed by atoms with van der Waals surface area (Å²) in [6.07, 6.45) is -0.880. The van der Waals surface area contributed by atoms with Crippen molar-refractivity contribution < 1.29 is 24.2 Å². The van der Waals surface area contributed by atoms with Crippen LogP contribution in [0.25, 0.3) is 0 Å². The number of esters is 1. The van der Waals surface area contributed by atoms with E-state index in [0.717, 1.165) is 0 Å². The summed E-state index contributed by atoms with van der Waals surface area (Å²) in [4.78, 5) is 23.9. The van der Waals surface area contributed by atoms with E-state index in [2.05, 4.69) is 0 Å². The minimum absolute atomic E-state index is 0.300. The molecule has 0 bridgehead atoms. The first kappa shape index (κ1) is 14.1. The van der Waals surface area contributed by atoms with Gasteiger partial charge >= 0.3 is 11.9 Å². The molecular formula is C17H14O5. The monoisotopic (exact) mass is 298 g/mol. The van der Waals surface area contributed by atoms with E-state index in [0.29, 0.717) is 22.4 Å². The number of methoxy groups -OCH3 is 1. The van der Waals surface area contributed by atoms with Gasteiger partial charge in [0, 0.05) is 0 Å². The van der Waals surface area contributed by atoms with Gasteiger partial charge in [-0.05, 0) is 29.3 Å². The number of ether oxygens (including phenoxy) is 2. The van der Waals surface area contributed by atoms with Crippen LogP contribution in [0.3, 0.4) is 0 Å². The van der Waals surface area contributed by atoms with Crippen LogP contribution < -0.4 is 4.74 Å². The minimum Gasteiger partial charge on any atom is -0.497 e. The van der Waals surface area contributed by atoms with Crippen molar-refractivity contribution in [2.24, 2.45) is 0 Å². The Kier molecular flexibility index (Phi) is 3.55. The molecule has 112 valence electrons. The van der Waals surface area contributed by atoms with Gasteiger partial charge in [0.15, 0.2) is 0 Å². The molecule has 0 aromatic heterocycles. The number of carbonyl (C=O) groups is 2. The maximum atomic E-state index is 12.1. The first-order chi connectivity index (χ1) is 10.6. The second-order valence-electron chi connectivity index (χ2n) is 5.01. The highest BCUT2D eigenvalue weighted by Gasteiger charge is 2.41. The van der Waals surface area contributed by atoms with Gasteiger partial charge in [0.1, 0.15) is 17.8 Å². The molecule has 0 saturated carbocycles. The summed E-state index contributed by atoms with van der Waals surface area (Å²) in [6, 6.07) is 13.5. The van der Waals surface area contributed by atoms with Crippen LogP contribution in [0.4, 0.5) is 0 Å². The van der Waals surface area contributed by atoms with Crippen molar-refractivity contribution in [3.63, 3.8) is 0 Å². The van der Waals surface area contributed by atoms with Gasteiger partial charge in [-0.3, -0.25) is 4.79 Å². The molecule has 0 aliphatic carbocycles. The molecule has 1 aliphatic rings. The molecule has 2 aromatic rings. The van der Waals surface area contributed by atoms with Crippen molar-refractivity contribution >= 4 is 11.9 Å². The number of carboxylic acid groups (broad SMARTS) is 1. The van der Waals surface area contributed by atoms with Crippen molar-refractivity contribution in [1.82, 2.24) is 0 Å². The Morgan fingerprint density at radius 3 is 2.68 bits per heavy atom. The standard InChI is InChI=1S/C17H14O5/c1-21-11-6-4-5-10(9-11)15-14(16(18)19)12-7-2-3-8-13(12)17(20)22-15/h2-9,14-15H,1H3,(H,18,19)/t14-,15+/m1/s1. The molecule has 1 N–H and O–H groups in total. The maximum Gasteiger partial charge on any atom is 0.339 e. The highest BCUT2D eigenvalue weighted by atomic mass is 16.5.